The van der Waals surface area contributed by atoms with Crippen molar-refractivity contribution < 1.29 is 9.72 Å². The van der Waals surface area contributed by atoms with Gasteiger partial charge in [0.2, 0.25) is 0 Å². The molecule has 1 amide bonds. The molecule has 0 fully saturated rings. The Kier molecular flexibility index (Phi) is 4.46. The number of non-ortho nitro benzene ring substituents is 1. The van der Waals surface area contributed by atoms with E-state index >= 15 is 0 Å². The predicted octanol–water partition coefficient (Wildman–Crippen LogP) is 4.71. The standard InChI is InChI=1S/C14H7ClIN3O3S/c15-7-1-4-11-12(5-7)23-14(17-11)18-13(20)9-6-8(19(21)22)2-3-10(9)16/h1-6H,(H,17,18,20). The summed E-state index contributed by atoms with van der Waals surface area (Å²) in [7, 11) is 0. The van der Waals surface area contributed by atoms with E-state index in [0.29, 0.717) is 13.7 Å². The molecule has 0 radical (unpaired) electrons. The first kappa shape index (κ1) is 16.1. The Morgan fingerprint density at radius 3 is 2.83 bits per heavy atom. The lowest BCUT2D eigenvalue weighted by Gasteiger charge is -2.04. The number of hydrogen-bond acceptors (Lipinski definition) is 5. The van der Waals surface area contributed by atoms with Crippen LogP contribution in [0.2, 0.25) is 5.02 Å². The maximum absolute atomic E-state index is 12.4. The minimum atomic E-state index is -0.535. The average molecular weight is 460 g/mol. The second-order valence-corrected chi connectivity index (χ2v) is 7.14. The highest BCUT2D eigenvalue weighted by Gasteiger charge is 2.17. The van der Waals surface area contributed by atoms with E-state index in [-0.39, 0.29) is 11.3 Å². The number of nitrogens with zero attached hydrogens (tertiary/aromatic N) is 2. The van der Waals surface area contributed by atoms with Crippen molar-refractivity contribution in [3.05, 3.63) is 60.7 Å². The van der Waals surface area contributed by atoms with Gasteiger partial charge >= 0.3 is 0 Å². The number of nitro benzene ring substituents is 1. The number of fused-ring (bicyclic) bond motifs is 1. The Morgan fingerprint density at radius 2 is 2.09 bits per heavy atom. The van der Waals surface area contributed by atoms with E-state index in [1.807, 2.05) is 22.6 Å². The van der Waals surface area contributed by atoms with Gasteiger partial charge in [-0.3, -0.25) is 20.2 Å². The number of nitro groups is 1. The van der Waals surface area contributed by atoms with Gasteiger partial charge in [0.15, 0.2) is 5.13 Å². The van der Waals surface area contributed by atoms with E-state index in [1.165, 1.54) is 29.5 Å². The quantitative estimate of drug-likeness (QED) is 0.349. The van der Waals surface area contributed by atoms with Crippen LogP contribution >= 0.6 is 45.5 Å². The number of anilines is 1. The number of carbonyl (C=O) groups is 1. The molecule has 0 atom stereocenters. The van der Waals surface area contributed by atoms with Crippen molar-refractivity contribution in [1.29, 1.82) is 0 Å². The molecular formula is C14H7ClIN3O3S. The summed E-state index contributed by atoms with van der Waals surface area (Å²) in [5.41, 5.74) is 0.826. The minimum absolute atomic E-state index is 0.133. The molecule has 9 heteroatoms. The molecule has 3 rings (SSSR count). The van der Waals surface area contributed by atoms with E-state index < -0.39 is 10.8 Å². The van der Waals surface area contributed by atoms with Crippen molar-refractivity contribution in [1.82, 2.24) is 4.98 Å². The third kappa shape index (κ3) is 3.43. The second kappa shape index (κ2) is 6.38. The number of hydrogen-bond donors (Lipinski definition) is 1. The molecule has 0 bridgehead atoms. The molecule has 1 N–H and O–H groups in total. The topological polar surface area (TPSA) is 85.1 Å². The lowest BCUT2D eigenvalue weighted by molar-refractivity contribution is -0.384. The van der Waals surface area contributed by atoms with Gasteiger partial charge in [0, 0.05) is 20.7 Å². The Morgan fingerprint density at radius 1 is 1.30 bits per heavy atom. The van der Waals surface area contributed by atoms with Crippen molar-refractivity contribution in [2.24, 2.45) is 0 Å². The van der Waals surface area contributed by atoms with Crippen LogP contribution in [-0.4, -0.2) is 15.8 Å². The van der Waals surface area contributed by atoms with E-state index in [9.17, 15) is 14.9 Å². The van der Waals surface area contributed by atoms with Crippen LogP contribution in [0.4, 0.5) is 10.8 Å². The largest absolute Gasteiger partial charge is 0.298 e. The maximum Gasteiger partial charge on any atom is 0.270 e. The first-order valence-electron chi connectivity index (χ1n) is 6.25. The molecule has 116 valence electrons. The van der Waals surface area contributed by atoms with Crippen molar-refractivity contribution in [2.75, 3.05) is 5.32 Å². The number of thiazole rings is 1. The molecule has 0 saturated carbocycles. The van der Waals surface area contributed by atoms with Gasteiger partial charge in [-0.15, -0.1) is 0 Å². The molecule has 3 aromatic rings. The normalized spacial score (nSPS) is 10.7. The van der Waals surface area contributed by atoms with Crippen LogP contribution in [0.5, 0.6) is 0 Å². The van der Waals surface area contributed by atoms with Crippen LogP contribution in [0.1, 0.15) is 10.4 Å². The second-order valence-electron chi connectivity index (χ2n) is 4.51. The van der Waals surface area contributed by atoms with E-state index in [4.69, 9.17) is 11.6 Å². The Bertz CT molecular complexity index is 944. The number of rotatable bonds is 3. The molecule has 0 aliphatic carbocycles. The Labute approximate surface area is 152 Å². The van der Waals surface area contributed by atoms with Gasteiger partial charge in [-0.2, -0.15) is 0 Å². The summed E-state index contributed by atoms with van der Waals surface area (Å²) in [6.45, 7) is 0. The summed E-state index contributed by atoms with van der Waals surface area (Å²) in [5, 5.41) is 14.5. The average Bonchev–Trinajstić information content (AvgIpc) is 2.88. The van der Waals surface area contributed by atoms with E-state index in [1.54, 1.807) is 18.2 Å². The van der Waals surface area contributed by atoms with Gasteiger partial charge in [0.05, 0.1) is 20.7 Å². The third-order valence-electron chi connectivity index (χ3n) is 2.98. The van der Waals surface area contributed by atoms with Gasteiger partial charge in [-0.05, 0) is 46.9 Å². The molecule has 1 aromatic heterocycles. The van der Waals surface area contributed by atoms with Crippen LogP contribution in [0.15, 0.2) is 36.4 Å². The summed E-state index contributed by atoms with van der Waals surface area (Å²) in [6, 6.07) is 9.40. The molecule has 1 heterocycles. The lowest BCUT2D eigenvalue weighted by atomic mass is 10.2. The van der Waals surface area contributed by atoms with E-state index in [2.05, 4.69) is 10.3 Å². The van der Waals surface area contributed by atoms with Gasteiger partial charge in [0.1, 0.15) is 0 Å². The van der Waals surface area contributed by atoms with Crippen LogP contribution in [-0.2, 0) is 0 Å². The number of amides is 1. The van der Waals surface area contributed by atoms with Crippen LogP contribution in [0, 0.1) is 13.7 Å². The molecule has 0 saturated heterocycles. The van der Waals surface area contributed by atoms with Gasteiger partial charge < -0.3 is 0 Å². The molecule has 6 nitrogen and oxygen atoms in total. The highest BCUT2D eigenvalue weighted by atomic mass is 127. The monoisotopic (exact) mass is 459 g/mol. The molecule has 0 spiro atoms. The van der Waals surface area contributed by atoms with Crippen LogP contribution in [0.3, 0.4) is 0 Å². The Balaban J connectivity index is 1.91. The minimum Gasteiger partial charge on any atom is -0.298 e. The number of aromatic nitrogens is 1. The first-order valence-corrected chi connectivity index (χ1v) is 8.53. The predicted molar refractivity (Wildman–Crippen MR) is 98.4 cm³/mol. The fourth-order valence-electron chi connectivity index (χ4n) is 1.92. The zero-order chi connectivity index (χ0) is 16.6. The van der Waals surface area contributed by atoms with Crippen molar-refractivity contribution in [2.45, 2.75) is 0 Å². The highest BCUT2D eigenvalue weighted by molar-refractivity contribution is 14.1. The number of carbonyl (C=O) groups excluding carboxylic acids is 1. The summed E-state index contributed by atoms with van der Waals surface area (Å²) >= 11 is 9.17. The first-order chi connectivity index (χ1) is 10.9. The number of benzene rings is 2. The summed E-state index contributed by atoms with van der Waals surface area (Å²) < 4.78 is 1.47. The fraction of sp³-hybridized carbons (Fsp3) is 0. The summed E-state index contributed by atoms with van der Waals surface area (Å²) in [5.74, 6) is -0.441. The molecule has 2 aromatic carbocycles. The summed E-state index contributed by atoms with van der Waals surface area (Å²) in [4.78, 5) is 27.0. The maximum atomic E-state index is 12.4. The van der Waals surface area contributed by atoms with Crippen molar-refractivity contribution >= 4 is 72.5 Å². The number of nitrogens with one attached hydrogen (secondary N) is 1. The third-order valence-corrected chi connectivity index (χ3v) is 5.09. The number of halogens is 2. The van der Waals surface area contributed by atoms with Crippen LogP contribution in [0.25, 0.3) is 10.2 Å². The molecule has 0 aliphatic heterocycles. The lowest BCUT2D eigenvalue weighted by Crippen LogP contribution is -2.13. The SMILES string of the molecule is O=C(Nc1nc2ccc(Cl)cc2s1)c1cc([N+](=O)[O-])ccc1I. The van der Waals surface area contributed by atoms with Gasteiger partial charge in [-0.25, -0.2) is 4.98 Å². The molecular weight excluding hydrogens is 453 g/mol. The molecule has 0 aliphatic rings. The fourth-order valence-corrected chi connectivity index (χ4v) is 3.63. The molecule has 23 heavy (non-hydrogen) atoms. The van der Waals surface area contributed by atoms with Crippen LogP contribution < -0.4 is 5.32 Å². The Hall–Kier alpha value is -1.78. The zero-order valence-electron chi connectivity index (χ0n) is 11.2. The molecule has 0 unspecified atom stereocenters. The zero-order valence-corrected chi connectivity index (χ0v) is 15.0. The summed E-state index contributed by atoms with van der Waals surface area (Å²) in [6.07, 6.45) is 0. The smallest absolute Gasteiger partial charge is 0.270 e. The van der Waals surface area contributed by atoms with Crippen molar-refractivity contribution in [3.8, 4) is 0 Å². The van der Waals surface area contributed by atoms with Gasteiger partial charge in [-0.1, -0.05) is 22.9 Å². The van der Waals surface area contributed by atoms with Gasteiger partial charge in [0.25, 0.3) is 11.6 Å². The highest BCUT2D eigenvalue weighted by Crippen LogP contribution is 2.29. The van der Waals surface area contributed by atoms with E-state index in [0.717, 1.165) is 10.2 Å². The van der Waals surface area contributed by atoms with Crippen molar-refractivity contribution in [3.63, 3.8) is 0 Å².